The van der Waals surface area contributed by atoms with Gasteiger partial charge in [0, 0.05) is 32.2 Å². The minimum atomic E-state index is -3.15. The van der Waals surface area contributed by atoms with E-state index in [2.05, 4.69) is 15.6 Å². The third-order valence-electron chi connectivity index (χ3n) is 4.43. The van der Waals surface area contributed by atoms with E-state index < -0.39 is 21.7 Å². The number of benzene rings is 1. The third kappa shape index (κ3) is 6.59. The van der Waals surface area contributed by atoms with Crippen molar-refractivity contribution in [3.63, 3.8) is 0 Å². The summed E-state index contributed by atoms with van der Waals surface area (Å²) in [5.74, 6) is -0.835. The Morgan fingerprint density at radius 1 is 1.29 bits per heavy atom. The summed E-state index contributed by atoms with van der Waals surface area (Å²) in [4.78, 5) is 4.15. The van der Waals surface area contributed by atoms with E-state index in [-0.39, 0.29) is 24.2 Å². The van der Waals surface area contributed by atoms with Crippen LogP contribution in [0, 0.1) is 11.6 Å². The van der Waals surface area contributed by atoms with Crippen LogP contribution in [0.3, 0.4) is 0 Å². The summed E-state index contributed by atoms with van der Waals surface area (Å²) in [7, 11) is -1.50. The highest BCUT2D eigenvalue weighted by atomic mass is 32.2. The number of piperidine rings is 1. The molecular formula is C18H28F2N4O3S. The van der Waals surface area contributed by atoms with Crippen LogP contribution in [0.1, 0.15) is 26.2 Å². The minimum absolute atomic E-state index is 0.131. The molecule has 0 unspecified atom stereocenters. The summed E-state index contributed by atoms with van der Waals surface area (Å²) in [6.45, 7) is 3.52. The van der Waals surface area contributed by atoms with Crippen molar-refractivity contribution < 1.29 is 21.9 Å². The van der Waals surface area contributed by atoms with Crippen molar-refractivity contribution in [3.05, 3.63) is 29.8 Å². The first-order chi connectivity index (χ1) is 13.4. The molecule has 0 saturated carbocycles. The van der Waals surface area contributed by atoms with Gasteiger partial charge >= 0.3 is 0 Å². The Morgan fingerprint density at radius 3 is 2.61 bits per heavy atom. The lowest BCUT2D eigenvalue weighted by Crippen LogP contribution is -2.50. The van der Waals surface area contributed by atoms with Crippen LogP contribution in [-0.2, 0) is 10.0 Å². The first-order valence-corrected chi connectivity index (χ1v) is 11.0. The van der Waals surface area contributed by atoms with Crippen molar-refractivity contribution in [1.29, 1.82) is 0 Å². The number of rotatable bonds is 8. The third-order valence-corrected chi connectivity index (χ3v) is 6.50. The molecule has 1 aromatic rings. The topological polar surface area (TPSA) is 83.0 Å². The lowest BCUT2D eigenvalue weighted by atomic mass is 10.1. The second-order valence-corrected chi connectivity index (χ2v) is 8.65. The summed E-state index contributed by atoms with van der Waals surface area (Å²) < 4.78 is 57.2. The molecule has 0 aliphatic carbocycles. The van der Waals surface area contributed by atoms with Gasteiger partial charge in [-0.3, -0.25) is 4.99 Å². The smallest absolute Gasteiger partial charge is 0.214 e. The molecule has 0 amide bonds. The van der Waals surface area contributed by atoms with Gasteiger partial charge in [0.15, 0.2) is 17.6 Å². The largest absolute Gasteiger partial charge is 0.492 e. The molecule has 0 bridgehead atoms. The molecule has 0 atom stereocenters. The highest BCUT2D eigenvalue weighted by molar-refractivity contribution is 7.89. The molecule has 1 aromatic carbocycles. The Hall–Kier alpha value is -1.94. The fraction of sp³-hybridized carbons (Fsp3) is 0.611. The number of nitrogens with one attached hydrogen (secondary N) is 2. The predicted octanol–water partition coefficient (Wildman–Crippen LogP) is 1.71. The van der Waals surface area contributed by atoms with Gasteiger partial charge in [-0.1, -0.05) is 6.92 Å². The van der Waals surface area contributed by atoms with Gasteiger partial charge in [-0.05, 0) is 31.4 Å². The number of guanidine groups is 1. The molecule has 1 aliphatic rings. The zero-order valence-electron chi connectivity index (χ0n) is 16.2. The number of aliphatic imine (C=N–C) groups is 1. The first-order valence-electron chi connectivity index (χ1n) is 9.38. The molecular weight excluding hydrogens is 390 g/mol. The normalized spacial score (nSPS) is 16.8. The minimum Gasteiger partial charge on any atom is -0.492 e. The monoisotopic (exact) mass is 418 g/mol. The predicted molar refractivity (Wildman–Crippen MR) is 105 cm³/mol. The maximum absolute atomic E-state index is 13.1. The van der Waals surface area contributed by atoms with Crippen molar-refractivity contribution in [2.45, 2.75) is 32.2 Å². The maximum atomic E-state index is 13.1. The average molecular weight is 419 g/mol. The Morgan fingerprint density at radius 2 is 2.00 bits per heavy atom. The van der Waals surface area contributed by atoms with Crippen LogP contribution >= 0.6 is 0 Å². The van der Waals surface area contributed by atoms with Crippen LogP contribution in [0.25, 0.3) is 0 Å². The molecule has 1 aliphatic heterocycles. The summed E-state index contributed by atoms with van der Waals surface area (Å²) >= 11 is 0. The lowest BCUT2D eigenvalue weighted by molar-refractivity contribution is 0.303. The SMILES string of the molecule is CCCS(=O)(=O)N1CCC(NC(=NC)NCCOc2ccc(F)c(F)c2)CC1. The molecule has 1 heterocycles. The summed E-state index contributed by atoms with van der Waals surface area (Å²) in [6.07, 6.45) is 2.02. The molecule has 0 aromatic heterocycles. The van der Waals surface area contributed by atoms with E-state index in [1.165, 1.54) is 6.07 Å². The second-order valence-electron chi connectivity index (χ2n) is 6.56. The van der Waals surface area contributed by atoms with Crippen LogP contribution in [0.15, 0.2) is 23.2 Å². The van der Waals surface area contributed by atoms with Crippen LogP contribution in [0.4, 0.5) is 8.78 Å². The molecule has 2 rings (SSSR count). The van der Waals surface area contributed by atoms with Gasteiger partial charge < -0.3 is 15.4 Å². The summed E-state index contributed by atoms with van der Waals surface area (Å²) in [5, 5.41) is 6.37. The molecule has 1 fully saturated rings. The fourth-order valence-corrected chi connectivity index (χ4v) is 4.50. The van der Waals surface area contributed by atoms with Crippen molar-refractivity contribution in [2.24, 2.45) is 4.99 Å². The molecule has 28 heavy (non-hydrogen) atoms. The number of halogens is 2. The van der Waals surface area contributed by atoms with E-state index >= 15 is 0 Å². The molecule has 2 N–H and O–H groups in total. The molecule has 0 radical (unpaired) electrons. The van der Waals surface area contributed by atoms with Gasteiger partial charge in [-0.25, -0.2) is 21.5 Å². The van der Waals surface area contributed by atoms with Crippen molar-refractivity contribution >= 4 is 16.0 Å². The quantitative estimate of drug-likeness (QED) is 0.382. The molecule has 7 nitrogen and oxygen atoms in total. The Labute approximate surface area is 165 Å². The Bertz CT molecular complexity index is 766. The van der Waals surface area contributed by atoms with E-state index in [0.717, 1.165) is 12.1 Å². The number of hydrogen-bond acceptors (Lipinski definition) is 4. The average Bonchev–Trinajstić information content (AvgIpc) is 2.67. The van der Waals surface area contributed by atoms with Gasteiger partial charge in [0.05, 0.1) is 12.3 Å². The van der Waals surface area contributed by atoms with E-state index in [1.54, 1.807) is 11.4 Å². The molecule has 1 saturated heterocycles. The van der Waals surface area contributed by atoms with E-state index in [4.69, 9.17) is 4.74 Å². The van der Waals surface area contributed by atoms with Crippen molar-refractivity contribution in [1.82, 2.24) is 14.9 Å². The van der Waals surface area contributed by atoms with Gasteiger partial charge in [0.25, 0.3) is 0 Å². The van der Waals surface area contributed by atoms with E-state index in [0.29, 0.717) is 44.9 Å². The molecule has 0 spiro atoms. The van der Waals surface area contributed by atoms with Gasteiger partial charge in [0.1, 0.15) is 12.4 Å². The standard InChI is InChI=1S/C18H28F2N4O3S/c1-3-12-28(25,26)24-9-6-14(7-10-24)23-18(21-2)22-8-11-27-15-4-5-16(19)17(20)13-15/h4-5,13-14H,3,6-12H2,1-2H3,(H2,21,22,23). The lowest BCUT2D eigenvalue weighted by Gasteiger charge is -2.32. The van der Waals surface area contributed by atoms with E-state index in [1.807, 2.05) is 6.92 Å². The van der Waals surface area contributed by atoms with Crippen molar-refractivity contribution in [2.75, 3.05) is 39.0 Å². The number of ether oxygens (including phenoxy) is 1. The zero-order chi connectivity index (χ0) is 20.6. The second kappa shape index (κ2) is 10.6. The fourth-order valence-electron chi connectivity index (χ4n) is 2.96. The highest BCUT2D eigenvalue weighted by Gasteiger charge is 2.27. The Balaban J connectivity index is 1.71. The van der Waals surface area contributed by atoms with Crippen LogP contribution in [0.2, 0.25) is 0 Å². The van der Waals surface area contributed by atoms with Gasteiger partial charge in [-0.2, -0.15) is 0 Å². The highest BCUT2D eigenvalue weighted by Crippen LogP contribution is 2.16. The molecule has 10 heteroatoms. The van der Waals surface area contributed by atoms with Crippen LogP contribution in [0.5, 0.6) is 5.75 Å². The van der Waals surface area contributed by atoms with Crippen molar-refractivity contribution in [3.8, 4) is 5.75 Å². The zero-order valence-corrected chi connectivity index (χ0v) is 17.1. The number of nitrogens with zero attached hydrogens (tertiary/aromatic N) is 2. The first kappa shape index (κ1) is 22.4. The molecule has 158 valence electrons. The van der Waals surface area contributed by atoms with Gasteiger partial charge in [-0.15, -0.1) is 0 Å². The maximum Gasteiger partial charge on any atom is 0.214 e. The van der Waals surface area contributed by atoms with Crippen LogP contribution in [-0.4, -0.2) is 63.8 Å². The van der Waals surface area contributed by atoms with Crippen LogP contribution < -0.4 is 15.4 Å². The van der Waals surface area contributed by atoms with E-state index in [9.17, 15) is 17.2 Å². The summed E-state index contributed by atoms with van der Waals surface area (Å²) in [6, 6.07) is 3.52. The number of sulfonamides is 1. The Kier molecular flexibility index (Phi) is 8.43. The number of hydrogen-bond donors (Lipinski definition) is 2. The van der Waals surface area contributed by atoms with Gasteiger partial charge in [0.2, 0.25) is 10.0 Å². The summed E-state index contributed by atoms with van der Waals surface area (Å²) in [5.41, 5.74) is 0.